The first-order chi connectivity index (χ1) is 13.6. The molecule has 3 heterocycles. The van der Waals surface area contributed by atoms with E-state index in [9.17, 15) is 14.0 Å². The molecule has 0 fully saturated rings. The molecule has 0 saturated heterocycles. The van der Waals surface area contributed by atoms with Crippen molar-refractivity contribution in [1.82, 2.24) is 20.1 Å². The summed E-state index contributed by atoms with van der Waals surface area (Å²) in [7, 11) is 0. The summed E-state index contributed by atoms with van der Waals surface area (Å²) in [6, 6.07) is 10.9. The maximum Gasteiger partial charge on any atom is 0.267 e. The van der Waals surface area contributed by atoms with E-state index in [1.165, 1.54) is 24.5 Å². The van der Waals surface area contributed by atoms with Crippen LogP contribution in [0, 0.1) is 5.82 Å². The largest absolute Gasteiger partial charge is 0.463 e. The summed E-state index contributed by atoms with van der Waals surface area (Å²) in [5, 5.41) is 7.72. The number of fused-ring (bicyclic) bond motifs is 1. The van der Waals surface area contributed by atoms with Gasteiger partial charge in [0.15, 0.2) is 5.76 Å². The standard InChI is InChI=1S/C20H17FN4O3/c21-14-3-4-16-15(10-14)13(11-23-16)7-8-22-19(26)12-25-20(27)6-5-17(24-25)18-2-1-9-28-18/h1-6,9-11,23H,7-8,12H2,(H,22,26). The van der Waals surface area contributed by atoms with E-state index in [2.05, 4.69) is 15.4 Å². The van der Waals surface area contributed by atoms with Gasteiger partial charge < -0.3 is 14.7 Å². The molecule has 4 rings (SSSR count). The molecule has 0 aliphatic rings. The smallest absolute Gasteiger partial charge is 0.267 e. The van der Waals surface area contributed by atoms with Gasteiger partial charge in [0.25, 0.3) is 5.56 Å². The summed E-state index contributed by atoms with van der Waals surface area (Å²) in [5.41, 5.74) is 1.84. The zero-order chi connectivity index (χ0) is 19.5. The Morgan fingerprint density at radius 3 is 2.96 bits per heavy atom. The van der Waals surface area contributed by atoms with E-state index in [1.807, 2.05) is 0 Å². The Morgan fingerprint density at radius 2 is 2.14 bits per heavy atom. The van der Waals surface area contributed by atoms with E-state index >= 15 is 0 Å². The fraction of sp³-hybridized carbons (Fsp3) is 0.150. The molecule has 3 aromatic heterocycles. The van der Waals surface area contributed by atoms with Crippen molar-refractivity contribution in [2.24, 2.45) is 0 Å². The summed E-state index contributed by atoms with van der Waals surface area (Å²) >= 11 is 0. The highest BCUT2D eigenvalue weighted by atomic mass is 19.1. The molecule has 0 bridgehead atoms. The number of H-pyrrole nitrogens is 1. The molecule has 1 amide bonds. The Kier molecular flexibility index (Phi) is 4.76. The van der Waals surface area contributed by atoms with Gasteiger partial charge in [0.1, 0.15) is 18.1 Å². The van der Waals surface area contributed by atoms with Crippen molar-refractivity contribution in [3.8, 4) is 11.5 Å². The Bertz CT molecular complexity index is 1180. The van der Waals surface area contributed by atoms with Gasteiger partial charge in [-0.2, -0.15) is 5.10 Å². The van der Waals surface area contributed by atoms with Crippen LogP contribution >= 0.6 is 0 Å². The third-order valence-electron chi connectivity index (χ3n) is 4.38. The maximum atomic E-state index is 13.4. The lowest BCUT2D eigenvalue weighted by atomic mass is 10.1. The van der Waals surface area contributed by atoms with Gasteiger partial charge in [-0.15, -0.1) is 0 Å². The number of halogens is 1. The molecule has 0 spiro atoms. The highest BCUT2D eigenvalue weighted by Crippen LogP contribution is 2.19. The molecule has 0 radical (unpaired) electrons. The summed E-state index contributed by atoms with van der Waals surface area (Å²) in [6.07, 6.45) is 3.84. The number of amides is 1. The number of rotatable bonds is 6. The number of aromatic amines is 1. The molecule has 0 saturated carbocycles. The molecule has 8 heteroatoms. The molecule has 2 N–H and O–H groups in total. The Balaban J connectivity index is 1.39. The predicted octanol–water partition coefficient (Wildman–Crippen LogP) is 2.48. The van der Waals surface area contributed by atoms with Crippen LogP contribution in [0.5, 0.6) is 0 Å². The van der Waals surface area contributed by atoms with Crippen LogP contribution in [0.1, 0.15) is 5.56 Å². The average molecular weight is 380 g/mol. The summed E-state index contributed by atoms with van der Waals surface area (Å²) in [6.45, 7) is 0.158. The summed E-state index contributed by atoms with van der Waals surface area (Å²) in [5.74, 6) is -0.128. The molecule has 28 heavy (non-hydrogen) atoms. The minimum absolute atomic E-state index is 0.199. The zero-order valence-corrected chi connectivity index (χ0v) is 14.8. The predicted molar refractivity (Wildman–Crippen MR) is 101 cm³/mol. The monoisotopic (exact) mass is 380 g/mol. The SMILES string of the molecule is O=C(Cn1nc(-c2ccco2)ccc1=O)NCCc1c[nH]c2ccc(F)cc12. The normalized spacial score (nSPS) is 11.0. The molecule has 1 aromatic carbocycles. The Labute approximate surface area is 158 Å². The van der Waals surface area contributed by atoms with Gasteiger partial charge in [0, 0.05) is 29.7 Å². The molecule has 4 aromatic rings. The third-order valence-corrected chi connectivity index (χ3v) is 4.38. The number of carbonyl (C=O) groups excluding carboxylic acids is 1. The van der Waals surface area contributed by atoms with Crippen molar-refractivity contribution in [1.29, 1.82) is 0 Å². The van der Waals surface area contributed by atoms with Gasteiger partial charge in [-0.1, -0.05) is 0 Å². The van der Waals surface area contributed by atoms with E-state index in [1.54, 1.807) is 30.5 Å². The first-order valence-corrected chi connectivity index (χ1v) is 8.74. The number of benzene rings is 1. The number of nitrogens with zero attached hydrogens (tertiary/aromatic N) is 2. The average Bonchev–Trinajstić information content (AvgIpc) is 3.34. The van der Waals surface area contributed by atoms with Gasteiger partial charge in [-0.3, -0.25) is 9.59 Å². The second-order valence-electron chi connectivity index (χ2n) is 6.30. The lowest BCUT2D eigenvalue weighted by Crippen LogP contribution is -2.34. The van der Waals surface area contributed by atoms with Crippen molar-refractivity contribution >= 4 is 16.8 Å². The molecule has 0 aliphatic carbocycles. The fourth-order valence-corrected chi connectivity index (χ4v) is 3.00. The number of carbonyl (C=O) groups is 1. The van der Waals surface area contributed by atoms with Gasteiger partial charge in [-0.25, -0.2) is 9.07 Å². The Hall–Kier alpha value is -3.68. The number of furan rings is 1. The van der Waals surface area contributed by atoms with Crippen molar-refractivity contribution in [3.05, 3.63) is 76.7 Å². The van der Waals surface area contributed by atoms with Crippen LogP contribution in [0.2, 0.25) is 0 Å². The molecule has 0 unspecified atom stereocenters. The lowest BCUT2D eigenvalue weighted by Gasteiger charge is -2.07. The van der Waals surface area contributed by atoms with Crippen LogP contribution in [0.25, 0.3) is 22.4 Å². The van der Waals surface area contributed by atoms with Crippen LogP contribution in [-0.4, -0.2) is 27.2 Å². The van der Waals surface area contributed by atoms with Crippen LogP contribution in [0.15, 0.2) is 64.1 Å². The quantitative estimate of drug-likeness (QED) is 0.537. The van der Waals surface area contributed by atoms with Gasteiger partial charge in [0.05, 0.1) is 6.26 Å². The summed E-state index contributed by atoms with van der Waals surface area (Å²) < 4.78 is 19.8. The van der Waals surface area contributed by atoms with Gasteiger partial charge in [-0.05, 0) is 48.4 Å². The topological polar surface area (TPSA) is 92.9 Å². The van der Waals surface area contributed by atoms with Crippen molar-refractivity contribution < 1.29 is 13.6 Å². The Morgan fingerprint density at radius 1 is 1.25 bits per heavy atom. The maximum absolute atomic E-state index is 13.4. The number of aromatic nitrogens is 3. The minimum atomic E-state index is -0.377. The van der Waals surface area contributed by atoms with Gasteiger partial charge >= 0.3 is 0 Å². The van der Waals surface area contributed by atoms with Crippen LogP contribution in [0.3, 0.4) is 0 Å². The third kappa shape index (κ3) is 3.71. The van der Waals surface area contributed by atoms with E-state index in [0.29, 0.717) is 24.4 Å². The highest BCUT2D eigenvalue weighted by Gasteiger charge is 2.10. The number of hydrogen-bond acceptors (Lipinski definition) is 4. The second kappa shape index (κ2) is 7.51. The van der Waals surface area contributed by atoms with Crippen LogP contribution in [0.4, 0.5) is 4.39 Å². The molecular formula is C20H17FN4O3. The molecular weight excluding hydrogens is 363 g/mol. The first-order valence-electron chi connectivity index (χ1n) is 8.74. The van der Waals surface area contributed by atoms with E-state index in [0.717, 1.165) is 21.1 Å². The van der Waals surface area contributed by atoms with Crippen LogP contribution in [-0.2, 0) is 17.8 Å². The van der Waals surface area contributed by atoms with Crippen molar-refractivity contribution in [2.75, 3.05) is 6.54 Å². The number of nitrogens with one attached hydrogen (secondary N) is 2. The van der Waals surface area contributed by atoms with Gasteiger partial charge in [0.2, 0.25) is 5.91 Å². The first kappa shape index (κ1) is 17.7. The van der Waals surface area contributed by atoms with Crippen molar-refractivity contribution in [2.45, 2.75) is 13.0 Å². The van der Waals surface area contributed by atoms with Crippen molar-refractivity contribution in [3.63, 3.8) is 0 Å². The van der Waals surface area contributed by atoms with E-state index in [-0.39, 0.29) is 23.8 Å². The van der Waals surface area contributed by atoms with Crippen LogP contribution < -0.4 is 10.9 Å². The zero-order valence-electron chi connectivity index (χ0n) is 14.8. The molecule has 0 aliphatic heterocycles. The van der Waals surface area contributed by atoms with E-state index < -0.39 is 0 Å². The second-order valence-corrected chi connectivity index (χ2v) is 6.30. The molecule has 7 nitrogen and oxygen atoms in total. The minimum Gasteiger partial charge on any atom is -0.463 e. The summed E-state index contributed by atoms with van der Waals surface area (Å²) in [4.78, 5) is 27.2. The molecule has 0 atom stereocenters. The lowest BCUT2D eigenvalue weighted by molar-refractivity contribution is -0.121. The fourth-order valence-electron chi connectivity index (χ4n) is 3.00. The highest BCUT2D eigenvalue weighted by molar-refractivity contribution is 5.83. The van der Waals surface area contributed by atoms with E-state index in [4.69, 9.17) is 4.42 Å². The molecule has 142 valence electrons. The number of hydrogen-bond donors (Lipinski definition) is 2.